The minimum absolute atomic E-state index is 0. The lowest BCUT2D eigenvalue weighted by Gasteiger charge is -2.33. The van der Waals surface area contributed by atoms with Gasteiger partial charge in [-0.05, 0) is 23.3 Å². The summed E-state index contributed by atoms with van der Waals surface area (Å²) >= 11 is 0. The van der Waals surface area contributed by atoms with Gasteiger partial charge in [-0.25, -0.2) is 0 Å². The maximum absolute atomic E-state index is 11.0. The van der Waals surface area contributed by atoms with Crippen LogP contribution in [0, 0.1) is 0 Å². The molecule has 1 heterocycles. The first-order valence-corrected chi connectivity index (χ1v) is 8.45. The number of aliphatic hydroxyl groups excluding tert-OH is 1. The number of hydrogen-bond acceptors (Lipinski definition) is 4. The molecule has 1 fully saturated rings. The van der Waals surface area contributed by atoms with Gasteiger partial charge in [0.2, 0.25) is 0 Å². The number of nitrogens with zero attached hydrogens (tertiary/aromatic N) is 1. The number of benzene rings is 2. The molecule has 0 saturated carbocycles. The van der Waals surface area contributed by atoms with Gasteiger partial charge in [-0.2, -0.15) is 0 Å². The fourth-order valence-corrected chi connectivity index (χ4v) is 3.18. The second-order valence-electron chi connectivity index (χ2n) is 6.15. The summed E-state index contributed by atoms with van der Waals surface area (Å²) in [6.45, 7) is 4.18. The van der Waals surface area contributed by atoms with Crippen molar-refractivity contribution in [1.82, 2.24) is 4.90 Å². The van der Waals surface area contributed by atoms with E-state index in [1.807, 2.05) is 42.5 Å². The molecule has 0 amide bonds. The molecule has 0 aromatic heterocycles. The minimum atomic E-state index is -0.554. The molecule has 0 spiro atoms. The monoisotopic (exact) mass is 362 g/mol. The molecule has 3 rings (SSSR count). The standard InChI is InChI=1S/C20H25NO3.ClH/c1-23-18-9-7-17(8-10-18)20(22)19(16-5-3-2-4-6-16)15-21-11-13-24-14-12-21;/h2-10,19-20,22H,11-15H2,1H3;1H/p-1. The Morgan fingerprint density at radius 3 is 2.24 bits per heavy atom. The van der Waals surface area contributed by atoms with Crippen LogP contribution in [0.4, 0.5) is 0 Å². The van der Waals surface area contributed by atoms with Crippen molar-refractivity contribution in [3.8, 4) is 5.75 Å². The molecule has 1 N–H and O–H groups in total. The lowest BCUT2D eigenvalue weighted by atomic mass is 9.88. The molecule has 0 bridgehead atoms. The Balaban J connectivity index is 0.00000225. The van der Waals surface area contributed by atoms with Gasteiger partial charge in [-0.15, -0.1) is 0 Å². The fourth-order valence-electron chi connectivity index (χ4n) is 3.18. The SMILES string of the molecule is COc1ccc(C(O)C(CN2CCOCC2)c2ccccc2)cc1.[Cl-]. The van der Waals surface area contributed by atoms with E-state index in [2.05, 4.69) is 17.0 Å². The first-order chi connectivity index (χ1) is 11.8. The van der Waals surface area contributed by atoms with E-state index in [1.54, 1.807) is 7.11 Å². The minimum Gasteiger partial charge on any atom is -1.00 e. The first-order valence-electron chi connectivity index (χ1n) is 8.45. The summed E-state index contributed by atoms with van der Waals surface area (Å²) in [4.78, 5) is 2.37. The van der Waals surface area contributed by atoms with Crippen LogP contribution in [-0.4, -0.2) is 50.0 Å². The Hall–Kier alpha value is -1.59. The molecule has 1 saturated heterocycles. The topological polar surface area (TPSA) is 41.9 Å². The molecular formula is C20H25ClNO3-. The van der Waals surface area contributed by atoms with E-state index in [9.17, 15) is 5.11 Å². The van der Waals surface area contributed by atoms with Crippen molar-refractivity contribution in [3.05, 3.63) is 65.7 Å². The number of halogens is 1. The second-order valence-corrected chi connectivity index (χ2v) is 6.15. The Bertz CT molecular complexity index is 615. The Morgan fingerprint density at radius 1 is 1.00 bits per heavy atom. The molecule has 5 heteroatoms. The normalized spacial score (nSPS) is 17.4. The average molecular weight is 363 g/mol. The third kappa shape index (κ3) is 5.19. The van der Waals surface area contributed by atoms with Crippen LogP contribution in [-0.2, 0) is 4.74 Å². The summed E-state index contributed by atoms with van der Waals surface area (Å²) in [5.74, 6) is 0.827. The third-order valence-corrected chi connectivity index (χ3v) is 4.62. The highest BCUT2D eigenvalue weighted by molar-refractivity contribution is 5.32. The molecule has 1 aliphatic rings. The van der Waals surface area contributed by atoms with Gasteiger partial charge in [0.05, 0.1) is 26.4 Å². The van der Waals surface area contributed by atoms with Crippen molar-refractivity contribution < 1.29 is 27.0 Å². The Labute approximate surface area is 155 Å². The molecule has 2 unspecified atom stereocenters. The quantitative estimate of drug-likeness (QED) is 0.776. The zero-order valence-corrected chi connectivity index (χ0v) is 15.2. The van der Waals surface area contributed by atoms with Crippen molar-refractivity contribution in [3.63, 3.8) is 0 Å². The molecule has 136 valence electrons. The largest absolute Gasteiger partial charge is 1.00 e. The number of methoxy groups -OCH3 is 1. The van der Waals surface area contributed by atoms with Crippen molar-refractivity contribution in [2.75, 3.05) is 40.0 Å². The van der Waals surface area contributed by atoms with Crippen LogP contribution in [0.15, 0.2) is 54.6 Å². The first kappa shape index (κ1) is 19.7. The Morgan fingerprint density at radius 2 is 1.64 bits per heavy atom. The molecule has 1 aliphatic heterocycles. The molecule has 25 heavy (non-hydrogen) atoms. The number of ether oxygens (including phenoxy) is 2. The molecule has 2 aromatic carbocycles. The lowest BCUT2D eigenvalue weighted by Crippen LogP contribution is -3.00. The lowest BCUT2D eigenvalue weighted by molar-refractivity contribution is -0.00000769. The van der Waals surface area contributed by atoms with Gasteiger partial charge in [0.25, 0.3) is 0 Å². The number of aliphatic hydroxyl groups is 1. The molecule has 2 aromatic rings. The van der Waals surface area contributed by atoms with Crippen LogP contribution in [0.2, 0.25) is 0 Å². The molecular weight excluding hydrogens is 338 g/mol. The van der Waals surface area contributed by atoms with Crippen LogP contribution in [0.1, 0.15) is 23.1 Å². The highest BCUT2D eigenvalue weighted by atomic mass is 35.5. The van der Waals surface area contributed by atoms with Crippen LogP contribution >= 0.6 is 0 Å². The summed E-state index contributed by atoms with van der Waals surface area (Å²) in [5.41, 5.74) is 2.07. The van der Waals surface area contributed by atoms with Gasteiger partial charge in [-0.1, -0.05) is 42.5 Å². The van der Waals surface area contributed by atoms with Crippen LogP contribution in [0.25, 0.3) is 0 Å². The summed E-state index contributed by atoms with van der Waals surface area (Å²) in [6.07, 6.45) is -0.554. The highest BCUT2D eigenvalue weighted by Crippen LogP contribution is 2.32. The second kappa shape index (κ2) is 9.78. The van der Waals surface area contributed by atoms with Crippen molar-refractivity contribution >= 4 is 0 Å². The van der Waals surface area contributed by atoms with E-state index in [4.69, 9.17) is 9.47 Å². The van der Waals surface area contributed by atoms with Gasteiger partial charge in [0.15, 0.2) is 0 Å². The van der Waals surface area contributed by atoms with Crippen molar-refractivity contribution in [2.45, 2.75) is 12.0 Å². The van der Waals surface area contributed by atoms with E-state index in [1.165, 1.54) is 0 Å². The van der Waals surface area contributed by atoms with Crippen LogP contribution in [0.5, 0.6) is 5.75 Å². The maximum atomic E-state index is 11.0. The van der Waals surface area contributed by atoms with Gasteiger partial charge in [-0.3, -0.25) is 4.90 Å². The van der Waals surface area contributed by atoms with E-state index in [0.29, 0.717) is 0 Å². The van der Waals surface area contributed by atoms with Gasteiger partial charge < -0.3 is 27.0 Å². The summed E-state index contributed by atoms with van der Waals surface area (Å²) in [5, 5.41) is 11.0. The van der Waals surface area contributed by atoms with E-state index in [-0.39, 0.29) is 18.3 Å². The van der Waals surface area contributed by atoms with Gasteiger partial charge in [0, 0.05) is 25.6 Å². The van der Waals surface area contributed by atoms with E-state index in [0.717, 1.165) is 49.7 Å². The summed E-state index contributed by atoms with van der Waals surface area (Å²) < 4.78 is 10.7. The van der Waals surface area contributed by atoms with Gasteiger partial charge >= 0.3 is 0 Å². The predicted octanol–water partition coefficient (Wildman–Crippen LogP) is -0.151. The maximum Gasteiger partial charge on any atom is 0.118 e. The van der Waals surface area contributed by atoms with E-state index >= 15 is 0 Å². The number of rotatable bonds is 6. The smallest absolute Gasteiger partial charge is 0.118 e. The van der Waals surface area contributed by atoms with Crippen LogP contribution < -0.4 is 17.1 Å². The number of morpholine rings is 1. The summed E-state index contributed by atoms with van der Waals surface area (Å²) in [7, 11) is 1.65. The van der Waals surface area contributed by atoms with Gasteiger partial charge in [0.1, 0.15) is 5.75 Å². The van der Waals surface area contributed by atoms with E-state index < -0.39 is 6.10 Å². The third-order valence-electron chi connectivity index (χ3n) is 4.62. The summed E-state index contributed by atoms with van der Waals surface area (Å²) in [6, 6.07) is 17.9. The number of hydrogen-bond donors (Lipinski definition) is 1. The Kier molecular flexibility index (Phi) is 7.72. The van der Waals surface area contributed by atoms with Crippen molar-refractivity contribution in [2.24, 2.45) is 0 Å². The highest BCUT2D eigenvalue weighted by Gasteiger charge is 2.26. The average Bonchev–Trinajstić information content (AvgIpc) is 2.67. The van der Waals surface area contributed by atoms with Crippen molar-refractivity contribution in [1.29, 1.82) is 0 Å². The van der Waals surface area contributed by atoms with Crippen LogP contribution in [0.3, 0.4) is 0 Å². The molecule has 2 atom stereocenters. The zero-order chi connectivity index (χ0) is 16.8. The fraction of sp³-hybridized carbons (Fsp3) is 0.400. The molecule has 0 radical (unpaired) electrons. The molecule has 0 aliphatic carbocycles. The predicted molar refractivity (Wildman–Crippen MR) is 94.4 cm³/mol. The molecule has 4 nitrogen and oxygen atoms in total. The zero-order valence-electron chi connectivity index (χ0n) is 14.5.